The van der Waals surface area contributed by atoms with Gasteiger partial charge in [-0.2, -0.15) is 0 Å². The van der Waals surface area contributed by atoms with Gasteiger partial charge in [0.2, 0.25) is 0 Å². The van der Waals surface area contributed by atoms with Crippen LogP contribution in [0.15, 0.2) is 47.1 Å². The zero-order valence-corrected chi connectivity index (χ0v) is 11.5. The molecule has 0 amide bonds. The number of nitrogens with two attached hydrogens (primary N) is 1. The molecule has 2 N–H and O–H groups in total. The SMILES string of the molecule is CC(C)Oc1ccccc1C(N)CCc1ccco1. The van der Waals surface area contributed by atoms with E-state index < -0.39 is 0 Å². The highest BCUT2D eigenvalue weighted by atomic mass is 16.5. The number of ether oxygens (including phenoxy) is 1. The van der Waals surface area contributed by atoms with Crippen LogP contribution in [0.3, 0.4) is 0 Å². The molecule has 0 saturated heterocycles. The van der Waals surface area contributed by atoms with E-state index in [0.717, 1.165) is 29.9 Å². The van der Waals surface area contributed by atoms with Crippen molar-refractivity contribution in [2.24, 2.45) is 5.73 Å². The van der Waals surface area contributed by atoms with Crippen molar-refractivity contribution in [3.05, 3.63) is 54.0 Å². The highest BCUT2D eigenvalue weighted by Crippen LogP contribution is 2.27. The number of aryl methyl sites for hydroxylation is 1. The molecule has 0 bridgehead atoms. The van der Waals surface area contributed by atoms with Crippen LogP contribution in [0.5, 0.6) is 5.75 Å². The second kappa shape index (κ2) is 6.43. The largest absolute Gasteiger partial charge is 0.491 e. The summed E-state index contributed by atoms with van der Waals surface area (Å²) in [6.07, 6.45) is 3.52. The smallest absolute Gasteiger partial charge is 0.124 e. The molecule has 19 heavy (non-hydrogen) atoms. The maximum atomic E-state index is 6.27. The van der Waals surface area contributed by atoms with Crippen molar-refractivity contribution in [2.45, 2.75) is 38.8 Å². The van der Waals surface area contributed by atoms with E-state index in [1.807, 2.05) is 50.2 Å². The minimum Gasteiger partial charge on any atom is -0.491 e. The van der Waals surface area contributed by atoms with Crippen LogP contribution in [-0.4, -0.2) is 6.10 Å². The molecule has 102 valence electrons. The molecule has 1 aromatic carbocycles. The van der Waals surface area contributed by atoms with Gasteiger partial charge in [0.05, 0.1) is 12.4 Å². The first-order chi connectivity index (χ1) is 9.16. The Kier molecular flexibility index (Phi) is 4.63. The van der Waals surface area contributed by atoms with Crippen LogP contribution in [0.2, 0.25) is 0 Å². The van der Waals surface area contributed by atoms with E-state index in [-0.39, 0.29) is 12.1 Å². The van der Waals surface area contributed by atoms with E-state index in [1.54, 1.807) is 6.26 Å². The Labute approximate surface area is 114 Å². The third-order valence-electron chi connectivity index (χ3n) is 2.96. The van der Waals surface area contributed by atoms with Crippen molar-refractivity contribution in [3.63, 3.8) is 0 Å². The third-order valence-corrected chi connectivity index (χ3v) is 2.96. The Morgan fingerprint density at radius 3 is 2.63 bits per heavy atom. The van der Waals surface area contributed by atoms with Crippen LogP contribution < -0.4 is 10.5 Å². The third kappa shape index (κ3) is 3.86. The molecule has 0 fully saturated rings. The van der Waals surface area contributed by atoms with Gasteiger partial charge in [0, 0.05) is 18.0 Å². The lowest BCUT2D eigenvalue weighted by Gasteiger charge is -2.18. The highest BCUT2D eigenvalue weighted by molar-refractivity contribution is 5.36. The lowest BCUT2D eigenvalue weighted by molar-refractivity contribution is 0.238. The summed E-state index contributed by atoms with van der Waals surface area (Å²) in [5.41, 5.74) is 7.32. The van der Waals surface area contributed by atoms with Gasteiger partial charge < -0.3 is 14.9 Å². The lowest BCUT2D eigenvalue weighted by atomic mass is 10.0. The molecular formula is C16H21NO2. The molecule has 1 aromatic heterocycles. The average molecular weight is 259 g/mol. The Hall–Kier alpha value is -1.74. The molecule has 1 heterocycles. The number of furan rings is 1. The quantitative estimate of drug-likeness (QED) is 0.860. The second-order valence-corrected chi connectivity index (χ2v) is 4.93. The fourth-order valence-electron chi connectivity index (χ4n) is 2.06. The standard InChI is InChI=1S/C16H21NO2/c1-12(2)19-16-8-4-3-7-14(16)15(17)10-9-13-6-5-11-18-13/h3-8,11-12,15H,9-10,17H2,1-2H3. The Balaban J connectivity index is 2.03. The summed E-state index contributed by atoms with van der Waals surface area (Å²) in [6, 6.07) is 11.8. The summed E-state index contributed by atoms with van der Waals surface area (Å²) in [5.74, 6) is 1.85. The van der Waals surface area contributed by atoms with Crippen molar-refractivity contribution in [1.29, 1.82) is 0 Å². The van der Waals surface area contributed by atoms with Gasteiger partial charge in [-0.3, -0.25) is 0 Å². The molecule has 2 aromatic rings. The van der Waals surface area contributed by atoms with E-state index >= 15 is 0 Å². The number of para-hydroxylation sites is 1. The summed E-state index contributed by atoms with van der Waals surface area (Å²) < 4.78 is 11.1. The van der Waals surface area contributed by atoms with Gasteiger partial charge in [-0.25, -0.2) is 0 Å². The van der Waals surface area contributed by atoms with Gasteiger partial charge in [-0.1, -0.05) is 18.2 Å². The fourth-order valence-corrected chi connectivity index (χ4v) is 2.06. The molecule has 3 heteroatoms. The normalized spacial score (nSPS) is 12.6. The number of rotatable bonds is 6. The number of benzene rings is 1. The van der Waals surface area contributed by atoms with Gasteiger partial charge in [0.25, 0.3) is 0 Å². The highest BCUT2D eigenvalue weighted by Gasteiger charge is 2.13. The second-order valence-electron chi connectivity index (χ2n) is 4.93. The first-order valence-corrected chi connectivity index (χ1v) is 6.70. The van der Waals surface area contributed by atoms with E-state index in [0.29, 0.717) is 0 Å². The molecular weight excluding hydrogens is 238 g/mol. The summed E-state index contributed by atoms with van der Waals surface area (Å²) >= 11 is 0. The van der Waals surface area contributed by atoms with Crippen molar-refractivity contribution >= 4 is 0 Å². The zero-order chi connectivity index (χ0) is 13.7. The number of hydrogen-bond acceptors (Lipinski definition) is 3. The van der Waals surface area contributed by atoms with Crippen LogP contribution in [0.25, 0.3) is 0 Å². The zero-order valence-electron chi connectivity index (χ0n) is 11.5. The van der Waals surface area contributed by atoms with E-state index in [9.17, 15) is 0 Å². The molecule has 1 unspecified atom stereocenters. The molecule has 3 nitrogen and oxygen atoms in total. The summed E-state index contributed by atoms with van der Waals surface area (Å²) in [5, 5.41) is 0. The maximum absolute atomic E-state index is 6.27. The van der Waals surface area contributed by atoms with Gasteiger partial charge >= 0.3 is 0 Å². The van der Waals surface area contributed by atoms with Crippen molar-refractivity contribution < 1.29 is 9.15 Å². The van der Waals surface area contributed by atoms with E-state index in [1.165, 1.54) is 0 Å². The van der Waals surface area contributed by atoms with Gasteiger partial charge in [-0.15, -0.1) is 0 Å². The van der Waals surface area contributed by atoms with Crippen molar-refractivity contribution in [3.8, 4) is 5.75 Å². The maximum Gasteiger partial charge on any atom is 0.124 e. The van der Waals surface area contributed by atoms with Gasteiger partial charge in [0.1, 0.15) is 11.5 Å². The van der Waals surface area contributed by atoms with Crippen LogP contribution >= 0.6 is 0 Å². The van der Waals surface area contributed by atoms with Crippen LogP contribution in [0, 0.1) is 0 Å². The van der Waals surface area contributed by atoms with Crippen LogP contribution in [0.1, 0.15) is 37.6 Å². The van der Waals surface area contributed by atoms with Crippen molar-refractivity contribution in [2.75, 3.05) is 0 Å². The van der Waals surface area contributed by atoms with E-state index in [2.05, 4.69) is 0 Å². The van der Waals surface area contributed by atoms with Crippen LogP contribution in [0.4, 0.5) is 0 Å². The molecule has 0 saturated carbocycles. The Bertz CT molecular complexity index is 491. The summed E-state index contributed by atoms with van der Waals surface area (Å²) in [6.45, 7) is 4.04. The monoisotopic (exact) mass is 259 g/mol. The predicted octanol–water partition coefficient (Wildman–Crippen LogP) is 3.70. The summed E-state index contributed by atoms with van der Waals surface area (Å²) in [7, 11) is 0. The average Bonchev–Trinajstić information content (AvgIpc) is 2.89. The first kappa shape index (κ1) is 13.7. The fraction of sp³-hybridized carbons (Fsp3) is 0.375. The molecule has 0 aliphatic heterocycles. The van der Waals surface area contributed by atoms with Crippen molar-refractivity contribution in [1.82, 2.24) is 0 Å². The van der Waals surface area contributed by atoms with E-state index in [4.69, 9.17) is 14.9 Å². The molecule has 0 aliphatic carbocycles. The molecule has 0 aliphatic rings. The molecule has 1 atom stereocenters. The lowest BCUT2D eigenvalue weighted by Crippen LogP contribution is -2.15. The van der Waals surface area contributed by atoms with Gasteiger partial charge in [0.15, 0.2) is 0 Å². The summed E-state index contributed by atoms with van der Waals surface area (Å²) in [4.78, 5) is 0. The molecule has 0 spiro atoms. The minimum atomic E-state index is -0.0416. The minimum absolute atomic E-state index is 0.0416. The molecule has 2 rings (SSSR count). The Morgan fingerprint density at radius 1 is 1.16 bits per heavy atom. The van der Waals surface area contributed by atoms with Crippen LogP contribution in [-0.2, 0) is 6.42 Å². The Morgan fingerprint density at radius 2 is 1.95 bits per heavy atom. The van der Waals surface area contributed by atoms with Gasteiger partial charge in [-0.05, 0) is 38.5 Å². The predicted molar refractivity (Wildman–Crippen MR) is 76.2 cm³/mol. The molecule has 0 radical (unpaired) electrons. The topological polar surface area (TPSA) is 48.4 Å². The number of hydrogen-bond donors (Lipinski definition) is 1. The first-order valence-electron chi connectivity index (χ1n) is 6.70.